The van der Waals surface area contributed by atoms with Gasteiger partial charge in [-0.1, -0.05) is 34.8 Å². The summed E-state index contributed by atoms with van der Waals surface area (Å²) in [5.74, 6) is -0.847. The summed E-state index contributed by atoms with van der Waals surface area (Å²) in [6, 6.07) is 3.93. The van der Waals surface area contributed by atoms with Crippen LogP contribution in [0.25, 0.3) is 0 Å². The van der Waals surface area contributed by atoms with E-state index >= 15 is 0 Å². The Bertz CT molecular complexity index is 985. The molecule has 1 aromatic heterocycles. The number of anilines is 1. The number of carbonyl (C=O) groups is 3. The van der Waals surface area contributed by atoms with Gasteiger partial charge < -0.3 is 19.5 Å². The molecular weight excluding hydrogens is 449 g/mol. The van der Waals surface area contributed by atoms with Crippen molar-refractivity contribution in [3.63, 3.8) is 0 Å². The number of urea groups is 1. The van der Waals surface area contributed by atoms with E-state index in [0.717, 1.165) is 6.20 Å². The van der Waals surface area contributed by atoms with Gasteiger partial charge in [-0.2, -0.15) is 0 Å². The molecule has 1 aromatic carbocycles. The average molecular weight is 461 g/mol. The molecule has 1 aliphatic rings. The fourth-order valence-electron chi connectivity index (χ4n) is 2.23. The molecule has 0 fully saturated rings. The molecule has 3 amide bonds. The normalized spacial score (nSPS) is 12.1. The molecule has 9 nitrogen and oxygen atoms in total. The molecule has 0 saturated heterocycles. The van der Waals surface area contributed by atoms with Crippen molar-refractivity contribution in [3.8, 4) is 11.5 Å². The van der Waals surface area contributed by atoms with Gasteiger partial charge in [-0.3, -0.25) is 10.1 Å². The van der Waals surface area contributed by atoms with Crippen LogP contribution in [-0.2, 0) is 9.53 Å². The summed E-state index contributed by atoms with van der Waals surface area (Å²) < 4.78 is 15.6. The number of aromatic nitrogens is 1. The van der Waals surface area contributed by atoms with E-state index in [1.165, 1.54) is 0 Å². The van der Waals surface area contributed by atoms with Crippen LogP contribution < -0.4 is 20.1 Å². The van der Waals surface area contributed by atoms with Gasteiger partial charge in [0.1, 0.15) is 13.2 Å². The lowest BCUT2D eigenvalue weighted by Gasteiger charge is -2.19. The summed E-state index contributed by atoms with van der Waals surface area (Å²) in [6.07, 6.45) is 1.12. The van der Waals surface area contributed by atoms with Crippen molar-refractivity contribution in [2.75, 3.05) is 25.1 Å². The Morgan fingerprint density at radius 1 is 1.07 bits per heavy atom. The Kier molecular flexibility index (Phi) is 6.63. The quantitative estimate of drug-likeness (QED) is 0.672. The Labute approximate surface area is 179 Å². The van der Waals surface area contributed by atoms with Gasteiger partial charge in [0.2, 0.25) is 0 Å². The number of halogens is 3. The fourth-order valence-corrected chi connectivity index (χ4v) is 2.79. The number of benzene rings is 1. The van der Waals surface area contributed by atoms with Crippen molar-refractivity contribution in [2.45, 2.75) is 0 Å². The van der Waals surface area contributed by atoms with E-state index in [9.17, 15) is 14.4 Å². The molecule has 29 heavy (non-hydrogen) atoms. The van der Waals surface area contributed by atoms with Gasteiger partial charge in [-0.15, -0.1) is 0 Å². The van der Waals surface area contributed by atoms with Crippen LogP contribution in [0.15, 0.2) is 24.4 Å². The summed E-state index contributed by atoms with van der Waals surface area (Å²) >= 11 is 17.4. The van der Waals surface area contributed by atoms with Crippen LogP contribution in [0, 0.1) is 0 Å². The summed E-state index contributed by atoms with van der Waals surface area (Å²) in [5.41, 5.74) is 0.0675. The Morgan fingerprint density at radius 2 is 1.79 bits per heavy atom. The number of hydrogen-bond acceptors (Lipinski definition) is 7. The molecule has 0 radical (unpaired) electrons. The maximum atomic E-state index is 12.0. The van der Waals surface area contributed by atoms with Crippen LogP contribution in [0.1, 0.15) is 10.5 Å². The minimum absolute atomic E-state index is 0.0572. The van der Waals surface area contributed by atoms with E-state index in [-0.39, 0.29) is 20.8 Å². The molecule has 1 aliphatic heterocycles. The first-order valence-electron chi connectivity index (χ1n) is 8.02. The predicted molar refractivity (Wildman–Crippen MR) is 104 cm³/mol. The van der Waals surface area contributed by atoms with E-state index in [4.69, 9.17) is 49.0 Å². The van der Waals surface area contributed by atoms with Crippen LogP contribution in [0.3, 0.4) is 0 Å². The molecule has 0 spiro atoms. The van der Waals surface area contributed by atoms with Gasteiger partial charge in [-0.25, -0.2) is 14.6 Å². The summed E-state index contributed by atoms with van der Waals surface area (Å²) in [7, 11) is 0. The van der Waals surface area contributed by atoms with Gasteiger partial charge in [0.15, 0.2) is 23.8 Å². The minimum atomic E-state index is -1.00. The molecule has 2 heterocycles. The largest absolute Gasteiger partial charge is 0.486 e. The molecule has 3 rings (SSSR count). The van der Waals surface area contributed by atoms with E-state index in [1.54, 1.807) is 18.2 Å². The van der Waals surface area contributed by atoms with E-state index in [1.807, 2.05) is 5.32 Å². The molecule has 2 N–H and O–H groups in total. The van der Waals surface area contributed by atoms with Gasteiger partial charge in [0.25, 0.3) is 5.91 Å². The van der Waals surface area contributed by atoms with Crippen molar-refractivity contribution in [1.82, 2.24) is 10.3 Å². The standard InChI is InChI=1S/C17H12Cl3N3O6/c18-9-6-21-15(14(20)13(9)19)16(25)29-7-12(24)23-17(26)22-8-1-2-10-11(5-8)28-4-3-27-10/h1-2,5-6H,3-4,7H2,(H2,22,23,24,26). The molecule has 0 unspecified atom stereocenters. The first-order chi connectivity index (χ1) is 13.8. The number of carbonyl (C=O) groups excluding carboxylic acids is 3. The number of hydrogen-bond donors (Lipinski definition) is 2. The second-order valence-electron chi connectivity index (χ2n) is 5.52. The number of ether oxygens (including phenoxy) is 3. The van der Waals surface area contributed by atoms with Crippen molar-refractivity contribution >= 4 is 58.4 Å². The van der Waals surface area contributed by atoms with Crippen molar-refractivity contribution in [1.29, 1.82) is 0 Å². The lowest BCUT2D eigenvalue weighted by Crippen LogP contribution is -2.37. The lowest BCUT2D eigenvalue weighted by atomic mass is 10.2. The van der Waals surface area contributed by atoms with Crippen molar-refractivity contribution in [3.05, 3.63) is 45.2 Å². The van der Waals surface area contributed by atoms with E-state index < -0.39 is 24.5 Å². The highest BCUT2D eigenvalue weighted by atomic mass is 35.5. The average Bonchev–Trinajstić information content (AvgIpc) is 2.70. The summed E-state index contributed by atoms with van der Waals surface area (Å²) in [5, 5.41) is 4.24. The number of fused-ring (bicyclic) bond motifs is 1. The zero-order chi connectivity index (χ0) is 21.0. The number of imide groups is 1. The molecule has 152 valence electrons. The van der Waals surface area contributed by atoms with Crippen LogP contribution >= 0.6 is 34.8 Å². The zero-order valence-electron chi connectivity index (χ0n) is 14.5. The molecule has 0 bridgehead atoms. The zero-order valence-corrected chi connectivity index (χ0v) is 16.7. The Balaban J connectivity index is 1.51. The highest BCUT2D eigenvalue weighted by Gasteiger charge is 2.20. The number of rotatable bonds is 4. The number of amides is 3. The smallest absolute Gasteiger partial charge is 0.359 e. The SMILES string of the molecule is O=C(COC(=O)c1ncc(Cl)c(Cl)c1Cl)NC(=O)Nc1ccc2c(c1)OCCO2. The summed E-state index contributed by atoms with van der Waals surface area (Å²) in [6.45, 7) is 0.0896. The first kappa shape index (κ1) is 21.0. The van der Waals surface area contributed by atoms with Crippen molar-refractivity contribution < 1.29 is 28.6 Å². The van der Waals surface area contributed by atoms with Gasteiger partial charge in [-0.05, 0) is 12.1 Å². The van der Waals surface area contributed by atoms with E-state index in [0.29, 0.717) is 30.4 Å². The maximum Gasteiger partial charge on any atom is 0.359 e. The highest BCUT2D eigenvalue weighted by Crippen LogP contribution is 2.33. The van der Waals surface area contributed by atoms with Crippen LogP contribution in [-0.4, -0.2) is 42.7 Å². The Hall–Kier alpha value is -2.75. The molecule has 12 heteroatoms. The van der Waals surface area contributed by atoms with Crippen LogP contribution in [0.2, 0.25) is 15.1 Å². The lowest BCUT2D eigenvalue weighted by molar-refractivity contribution is -0.123. The third-order valence-corrected chi connectivity index (χ3v) is 4.74. The third kappa shape index (κ3) is 5.20. The molecule has 0 aliphatic carbocycles. The van der Waals surface area contributed by atoms with Crippen LogP contribution in [0.4, 0.5) is 10.5 Å². The third-order valence-electron chi connectivity index (χ3n) is 3.50. The van der Waals surface area contributed by atoms with Crippen LogP contribution in [0.5, 0.6) is 11.5 Å². The monoisotopic (exact) mass is 459 g/mol. The second-order valence-corrected chi connectivity index (χ2v) is 6.68. The molecule has 2 aromatic rings. The van der Waals surface area contributed by atoms with Gasteiger partial charge >= 0.3 is 12.0 Å². The highest BCUT2D eigenvalue weighted by molar-refractivity contribution is 6.48. The number of pyridine rings is 1. The fraction of sp³-hybridized carbons (Fsp3) is 0.176. The van der Waals surface area contributed by atoms with Gasteiger partial charge in [0.05, 0.1) is 15.1 Å². The minimum Gasteiger partial charge on any atom is -0.486 e. The first-order valence-corrected chi connectivity index (χ1v) is 9.15. The second kappa shape index (κ2) is 9.17. The number of esters is 1. The van der Waals surface area contributed by atoms with Gasteiger partial charge in [0, 0.05) is 18.0 Å². The van der Waals surface area contributed by atoms with Crippen molar-refractivity contribution in [2.24, 2.45) is 0 Å². The maximum absolute atomic E-state index is 12.0. The number of nitrogens with one attached hydrogen (secondary N) is 2. The molecular formula is C17H12Cl3N3O6. The summed E-state index contributed by atoms with van der Waals surface area (Å²) in [4.78, 5) is 39.4. The van der Waals surface area contributed by atoms with E-state index in [2.05, 4.69) is 10.3 Å². The molecule has 0 atom stereocenters. The molecule has 0 saturated carbocycles. The number of nitrogens with zero attached hydrogens (tertiary/aromatic N) is 1. The Morgan fingerprint density at radius 3 is 2.55 bits per heavy atom. The topological polar surface area (TPSA) is 116 Å². The predicted octanol–water partition coefficient (Wildman–Crippen LogP) is 3.32.